The van der Waals surface area contributed by atoms with Gasteiger partial charge in [-0.3, -0.25) is 4.79 Å². The summed E-state index contributed by atoms with van der Waals surface area (Å²) in [6, 6.07) is 0. The molecule has 1 aliphatic heterocycles. The van der Waals surface area contributed by atoms with E-state index < -0.39 is 0 Å². The SMILES string of the molecule is C=CC(C)(C)C(=O)C1CS1. The Hall–Kier alpha value is -0.240. The first-order valence-electron chi connectivity index (χ1n) is 3.37. The Morgan fingerprint density at radius 1 is 1.80 bits per heavy atom. The maximum Gasteiger partial charge on any atom is 0.155 e. The molecule has 1 heterocycles. The number of rotatable bonds is 3. The number of Topliss-reactive ketones (excluding diaryl/α,β-unsaturated/α-hetero) is 1. The molecule has 56 valence electrons. The molecule has 2 heteroatoms. The summed E-state index contributed by atoms with van der Waals surface area (Å²) in [4.78, 5) is 11.4. The van der Waals surface area contributed by atoms with E-state index in [2.05, 4.69) is 6.58 Å². The molecule has 0 aromatic rings. The Bertz CT molecular complexity index is 168. The third-order valence-electron chi connectivity index (χ3n) is 1.77. The third-order valence-corrected chi connectivity index (χ3v) is 2.65. The van der Waals surface area contributed by atoms with E-state index in [1.807, 2.05) is 13.8 Å². The highest BCUT2D eigenvalue weighted by Crippen LogP contribution is 2.37. The molecule has 0 radical (unpaired) electrons. The van der Waals surface area contributed by atoms with Gasteiger partial charge in [-0.2, -0.15) is 0 Å². The maximum absolute atomic E-state index is 11.4. The molecule has 10 heavy (non-hydrogen) atoms. The first-order valence-corrected chi connectivity index (χ1v) is 4.42. The molecule has 0 amide bonds. The molecule has 0 aliphatic carbocycles. The van der Waals surface area contributed by atoms with E-state index in [1.54, 1.807) is 17.8 Å². The first-order chi connectivity index (χ1) is 4.58. The average molecular weight is 156 g/mol. The molecule has 0 aromatic carbocycles. The van der Waals surface area contributed by atoms with Gasteiger partial charge in [-0.05, 0) is 13.8 Å². The van der Waals surface area contributed by atoms with Crippen molar-refractivity contribution in [3.05, 3.63) is 12.7 Å². The summed E-state index contributed by atoms with van der Waals surface area (Å²) in [7, 11) is 0. The Balaban J connectivity index is 2.61. The summed E-state index contributed by atoms with van der Waals surface area (Å²) >= 11 is 1.72. The zero-order valence-electron chi connectivity index (χ0n) is 6.39. The fourth-order valence-corrected chi connectivity index (χ4v) is 1.42. The highest BCUT2D eigenvalue weighted by Gasteiger charge is 2.38. The van der Waals surface area contributed by atoms with Crippen molar-refractivity contribution in [3.8, 4) is 0 Å². The summed E-state index contributed by atoms with van der Waals surface area (Å²) in [5, 5.41) is 0.271. The lowest BCUT2D eigenvalue weighted by Crippen LogP contribution is -2.25. The van der Waals surface area contributed by atoms with Crippen molar-refractivity contribution in [1.29, 1.82) is 0 Å². The van der Waals surface area contributed by atoms with Crippen LogP contribution in [-0.4, -0.2) is 16.8 Å². The second-order valence-corrected chi connectivity index (χ2v) is 4.35. The van der Waals surface area contributed by atoms with Gasteiger partial charge in [0, 0.05) is 11.2 Å². The van der Waals surface area contributed by atoms with Crippen molar-refractivity contribution in [2.75, 3.05) is 5.75 Å². The molecule has 1 unspecified atom stereocenters. The summed E-state index contributed by atoms with van der Waals surface area (Å²) in [5.74, 6) is 1.34. The average Bonchev–Trinajstić information content (AvgIpc) is 2.68. The van der Waals surface area contributed by atoms with Crippen molar-refractivity contribution in [1.82, 2.24) is 0 Å². The number of allylic oxidation sites excluding steroid dienone is 1. The normalized spacial score (nSPS) is 24.0. The first kappa shape index (κ1) is 7.86. The van der Waals surface area contributed by atoms with Gasteiger partial charge >= 0.3 is 0 Å². The monoisotopic (exact) mass is 156 g/mol. The molecule has 1 fully saturated rings. The van der Waals surface area contributed by atoms with E-state index in [0.717, 1.165) is 5.75 Å². The molecule has 1 rings (SSSR count). The van der Waals surface area contributed by atoms with E-state index >= 15 is 0 Å². The fraction of sp³-hybridized carbons (Fsp3) is 0.625. The lowest BCUT2D eigenvalue weighted by Gasteiger charge is -2.16. The minimum Gasteiger partial charge on any atom is -0.297 e. The predicted octanol–water partition coefficient (Wildman–Crippen LogP) is 1.88. The zero-order valence-corrected chi connectivity index (χ0v) is 7.20. The summed E-state index contributed by atoms with van der Waals surface area (Å²) in [5.41, 5.74) is -0.311. The van der Waals surface area contributed by atoms with Gasteiger partial charge in [-0.25, -0.2) is 0 Å². The number of hydrogen-bond donors (Lipinski definition) is 0. The van der Waals surface area contributed by atoms with Crippen molar-refractivity contribution in [2.24, 2.45) is 5.41 Å². The molecule has 1 atom stereocenters. The van der Waals surface area contributed by atoms with Gasteiger partial charge in [0.2, 0.25) is 0 Å². The minimum absolute atomic E-state index is 0.271. The van der Waals surface area contributed by atoms with Gasteiger partial charge in [-0.1, -0.05) is 6.08 Å². The molecule has 0 bridgehead atoms. The highest BCUT2D eigenvalue weighted by atomic mass is 32.2. The smallest absolute Gasteiger partial charge is 0.155 e. The molecule has 0 aromatic heterocycles. The van der Waals surface area contributed by atoms with Crippen LogP contribution >= 0.6 is 11.8 Å². The van der Waals surface area contributed by atoms with Crippen molar-refractivity contribution < 1.29 is 4.79 Å². The lowest BCUT2D eigenvalue weighted by atomic mass is 9.87. The van der Waals surface area contributed by atoms with Gasteiger partial charge in [0.1, 0.15) is 0 Å². The van der Waals surface area contributed by atoms with Gasteiger partial charge in [-0.15, -0.1) is 18.3 Å². The summed E-state index contributed by atoms with van der Waals surface area (Å²) < 4.78 is 0. The van der Waals surface area contributed by atoms with E-state index in [0.29, 0.717) is 5.78 Å². The number of carbonyl (C=O) groups excluding carboxylic acids is 1. The Morgan fingerprint density at radius 2 is 2.30 bits per heavy atom. The molecular formula is C8H12OS. The van der Waals surface area contributed by atoms with Gasteiger partial charge in [0.15, 0.2) is 5.78 Å². The van der Waals surface area contributed by atoms with Gasteiger partial charge in [0.05, 0.1) is 5.25 Å². The molecule has 0 saturated carbocycles. The zero-order chi connectivity index (χ0) is 7.78. The van der Waals surface area contributed by atoms with E-state index in [1.165, 1.54) is 0 Å². The van der Waals surface area contributed by atoms with Crippen LogP contribution in [0.1, 0.15) is 13.8 Å². The molecule has 0 N–H and O–H groups in total. The predicted molar refractivity (Wildman–Crippen MR) is 45.2 cm³/mol. The van der Waals surface area contributed by atoms with Crippen LogP contribution in [0.4, 0.5) is 0 Å². The third kappa shape index (κ3) is 1.43. The van der Waals surface area contributed by atoms with Gasteiger partial charge < -0.3 is 0 Å². The summed E-state index contributed by atoms with van der Waals surface area (Å²) in [6.07, 6.45) is 1.73. The van der Waals surface area contributed by atoms with Crippen LogP contribution in [0.2, 0.25) is 0 Å². The number of thioether (sulfide) groups is 1. The standard InChI is InChI=1S/C8H12OS/c1-4-8(2,3)7(9)6-5-10-6/h4,6H,1,5H2,2-3H3. The second-order valence-electron chi connectivity index (χ2n) is 3.11. The Kier molecular flexibility index (Phi) is 1.90. The van der Waals surface area contributed by atoms with Crippen molar-refractivity contribution in [3.63, 3.8) is 0 Å². The number of hydrogen-bond acceptors (Lipinski definition) is 2. The summed E-state index contributed by atoms with van der Waals surface area (Å²) in [6.45, 7) is 7.47. The maximum atomic E-state index is 11.4. The highest BCUT2D eigenvalue weighted by molar-refractivity contribution is 8.07. The molecule has 0 spiro atoms. The van der Waals surface area contributed by atoms with Crippen LogP contribution < -0.4 is 0 Å². The van der Waals surface area contributed by atoms with E-state index in [9.17, 15) is 4.79 Å². The van der Waals surface area contributed by atoms with Crippen LogP contribution in [0.15, 0.2) is 12.7 Å². The van der Waals surface area contributed by atoms with E-state index in [4.69, 9.17) is 0 Å². The Labute approximate surface area is 65.9 Å². The second kappa shape index (κ2) is 2.42. The largest absolute Gasteiger partial charge is 0.297 e. The minimum atomic E-state index is -0.311. The molecular weight excluding hydrogens is 144 g/mol. The fourth-order valence-electron chi connectivity index (χ4n) is 0.715. The van der Waals surface area contributed by atoms with Crippen LogP contribution in [0.25, 0.3) is 0 Å². The molecule has 1 nitrogen and oxygen atoms in total. The lowest BCUT2D eigenvalue weighted by molar-refractivity contribution is -0.123. The van der Waals surface area contributed by atoms with Crippen molar-refractivity contribution in [2.45, 2.75) is 19.1 Å². The number of carbonyl (C=O) groups is 1. The van der Waals surface area contributed by atoms with Crippen molar-refractivity contribution >= 4 is 17.5 Å². The van der Waals surface area contributed by atoms with Crippen LogP contribution in [-0.2, 0) is 4.79 Å². The molecule has 1 saturated heterocycles. The topological polar surface area (TPSA) is 17.1 Å². The molecule has 1 aliphatic rings. The van der Waals surface area contributed by atoms with E-state index in [-0.39, 0.29) is 10.7 Å². The quantitative estimate of drug-likeness (QED) is 0.458. The van der Waals surface area contributed by atoms with Gasteiger partial charge in [0.25, 0.3) is 0 Å². The number of ketones is 1. The van der Waals surface area contributed by atoms with Crippen LogP contribution in [0.5, 0.6) is 0 Å². The Morgan fingerprint density at radius 3 is 2.60 bits per heavy atom. The van der Waals surface area contributed by atoms with Crippen LogP contribution in [0.3, 0.4) is 0 Å². The van der Waals surface area contributed by atoms with Crippen LogP contribution in [0, 0.1) is 5.41 Å².